The van der Waals surface area contributed by atoms with E-state index in [-0.39, 0.29) is 22.3 Å². The van der Waals surface area contributed by atoms with Crippen LogP contribution in [-0.4, -0.2) is 24.7 Å². The first-order chi connectivity index (χ1) is 16.8. The third-order valence-corrected chi connectivity index (χ3v) is 5.18. The maximum absolute atomic E-state index is 15.2. The minimum atomic E-state index is -4.69. The van der Waals surface area contributed by atoms with Crippen LogP contribution in [0, 0.1) is 13.8 Å². The highest BCUT2D eigenvalue weighted by molar-refractivity contribution is 5.82. The molecular weight excluding hydrogens is 495 g/mol. The maximum atomic E-state index is 15.2. The van der Waals surface area contributed by atoms with E-state index in [0.717, 1.165) is 35.3 Å². The standard InChI is InChI=1S/C23H14F7N5O/c1-11-7-16-20(33-12(11)2)21(36)19(15(24)8-13-3-5-17(31-9-13)22(25,26)27)34-35(16)14-4-6-18(32-10-14)23(28,29)30/h3-10H,1-2H3/b15-8-. The largest absolute Gasteiger partial charge is 0.433 e. The summed E-state index contributed by atoms with van der Waals surface area (Å²) < 4.78 is 93.2. The molecule has 0 bridgehead atoms. The van der Waals surface area contributed by atoms with Gasteiger partial charge in [-0.25, -0.2) is 19.0 Å². The molecule has 0 aliphatic carbocycles. The summed E-state index contributed by atoms with van der Waals surface area (Å²) >= 11 is 0. The lowest BCUT2D eigenvalue weighted by molar-refractivity contribution is -0.141. The Morgan fingerprint density at radius 2 is 1.53 bits per heavy atom. The van der Waals surface area contributed by atoms with E-state index in [1.807, 2.05) is 0 Å². The highest BCUT2D eigenvalue weighted by Gasteiger charge is 2.33. The molecule has 4 aromatic rings. The molecule has 13 heteroatoms. The summed E-state index contributed by atoms with van der Waals surface area (Å²) in [6.45, 7) is 3.30. The average molecular weight is 509 g/mol. The Balaban J connectivity index is 1.90. The van der Waals surface area contributed by atoms with Crippen molar-refractivity contribution < 1.29 is 30.7 Å². The highest BCUT2D eigenvalue weighted by Crippen LogP contribution is 2.29. The van der Waals surface area contributed by atoms with Gasteiger partial charge in [0.2, 0.25) is 5.43 Å². The van der Waals surface area contributed by atoms with Gasteiger partial charge >= 0.3 is 12.4 Å². The third-order valence-electron chi connectivity index (χ3n) is 5.18. The second kappa shape index (κ2) is 8.81. The average Bonchev–Trinajstić information content (AvgIpc) is 2.80. The van der Waals surface area contributed by atoms with E-state index in [1.54, 1.807) is 13.8 Å². The number of hydrogen-bond acceptors (Lipinski definition) is 5. The summed E-state index contributed by atoms with van der Waals surface area (Å²) in [4.78, 5) is 23.8. The van der Waals surface area contributed by atoms with Crippen molar-refractivity contribution in [2.24, 2.45) is 0 Å². The van der Waals surface area contributed by atoms with Crippen LogP contribution in [0.3, 0.4) is 0 Å². The lowest BCUT2D eigenvalue weighted by atomic mass is 10.1. The van der Waals surface area contributed by atoms with Gasteiger partial charge in [0.1, 0.15) is 16.9 Å². The molecule has 0 amide bonds. The zero-order valence-electron chi connectivity index (χ0n) is 18.4. The molecule has 0 radical (unpaired) electrons. The van der Waals surface area contributed by atoms with Crippen LogP contribution in [0.5, 0.6) is 0 Å². The fourth-order valence-electron chi connectivity index (χ4n) is 3.24. The first-order valence-electron chi connectivity index (χ1n) is 10.1. The van der Waals surface area contributed by atoms with Crippen LogP contribution in [0.2, 0.25) is 0 Å². The molecule has 0 saturated carbocycles. The molecule has 36 heavy (non-hydrogen) atoms. The quantitative estimate of drug-likeness (QED) is 0.332. The van der Waals surface area contributed by atoms with Gasteiger partial charge in [0.25, 0.3) is 0 Å². The Kier molecular flexibility index (Phi) is 6.10. The summed E-state index contributed by atoms with van der Waals surface area (Å²) in [7, 11) is 0. The van der Waals surface area contributed by atoms with Crippen molar-refractivity contribution in [3.8, 4) is 5.69 Å². The van der Waals surface area contributed by atoms with Gasteiger partial charge < -0.3 is 0 Å². The van der Waals surface area contributed by atoms with Crippen LogP contribution < -0.4 is 5.43 Å². The van der Waals surface area contributed by atoms with E-state index >= 15 is 4.39 Å². The number of hydrogen-bond donors (Lipinski definition) is 0. The van der Waals surface area contributed by atoms with Gasteiger partial charge in [0.05, 0.1) is 17.4 Å². The second-order valence-electron chi connectivity index (χ2n) is 7.71. The summed E-state index contributed by atoms with van der Waals surface area (Å²) in [6, 6.07) is 4.88. The van der Waals surface area contributed by atoms with Crippen molar-refractivity contribution in [1.82, 2.24) is 24.7 Å². The van der Waals surface area contributed by atoms with Crippen LogP contribution >= 0.6 is 0 Å². The Morgan fingerprint density at radius 1 is 0.917 bits per heavy atom. The molecule has 0 aliphatic rings. The predicted molar refractivity (Wildman–Crippen MR) is 116 cm³/mol. The van der Waals surface area contributed by atoms with Crippen LogP contribution in [0.15, 0.2) is 47.5 Å². The molecule has 0 spiro atoms. The number of alkyl halides is 6. The molecule has 4 heterocycles. The van der Waals surface area contributed by atoms with Crippen LogP contribution in [0.4, 0.5) is 30.7 Å². The number of fused-ring (bicyclic) bond motifs is 1. The second-order valence-corrected chi connectivity index (χ2v) is 7.71. The smallest absolute Gasteiger partial charge is 0.285 e. The van der Waals surface area contributed by atoms with Gasteiger partial charge in [-0.3, -0.25) is 9.78 Å². The number of aromatic nitrogens is 5. The van der Waals surface area contributed by atoms with Crippen molar-refractivity contribution in [1.29, 1.82) is 0 Å². The molecule has 0 unspecified atom stereocenters. The van der Waals surface area contributed by atoms with E-state index in [4.69, 9.17) is 0 Å². The number of pyridine rings is 3. The van der Waals surface area contributed by atoms with E-state index in [2.05, 4.69) is 20.1 Å². The molecular formula is C23H14F7N5O. The van der Waals surface area contributed by atoms with E-state index in [9.17, 15) is 31.1 Å². The molecule has 0 aromatic carbocycles. The van der Waals surface area contributed by atoms with Crippen molar-refractivity contribution in [3.63, 3.8) is 0 Å². The van der Waals surface area contributed by atoms with Gasteiger partial charge in [0, 0.05) is 11.9 Å². The zero-order chi connectivity index (χ0) is 26.4. The molecule has 0 N–H and O–H groups in total. The summed E-state index contributed by atoms with van der Waals surface area (Å²) in [5, 5.41) is 3.99. The zero-order valence-corrected chi connectivity index (χ0v) is 18.4. The minimum Gasteiger partial charge on any atom is -0.285 e. The van der Waals surface area contributed by atoms with Gasteiger partial charge in [-0.15, -0.1) is 0 Å². The number of aryl methyl sites for hydroxylation is 2. The van der Waals surface area contributed by atoms with Gasteiger partial charge in [-0.05, 0) is 55.3 Å². The summed E-state index contributed by atoms with van der Waals surface area (Å²) in [5.74, 6) is -1.21. The molecule has 186 valence electrons. The Bertz CT molecular complexity index is 1540. The predicted octanol–water partition coefficient (Wildman–Crippen LogP) is 5.69. The van der Waals surface area contributed by atoms with E-state index < -0.39 is 40.7 Å². The Labute approximate surface area is 197 Å². The monoisotopic (exact) mass is 509 g/mol. The number of nitrogens with zero attached hydrogens (tertiary/aromatic N) is 5. The molecule has 0 saturated heterocycles. The fourth-order valence-corrected chi connectivity index (χ4v) is 3.24. The van der Waals surface area contributed by atoms with E-state index in [1.165, 1.54) is 6.07 Å². The van der Waals surface area contributed by atoms with Gasteiger partial charge in [-0.1, -0.05) is 6.07 Å². The van der Waals surface area contributed by atoms with Crippen molar-refractivity contribution in [2.45, 2.75) is 26.2 Å². The molecule has 0 fully saturated rings. The first kappa shape index (κ1) is 24.9. The van der Waals surface area contributed by atoms with Gasteiger partial charge in [-0.2, -0.15) is 31.4 Å². The molecule has 0 aliphatic heterocycles. The SMILES string of the molecule is Cc1cc2c(nc1C)c(=O)c(/C(F)=C/c1ccc(C(F)(F)F)nc1)nn2-c1ccc(C(F)(F)F)nc1. The molecule has 0 atom stereocenters. The van der Waals surface area contributed by atoms with Crippen LogP contribution in [0.25, 0.3) is 28.6 Å². The normalized spacial score (nSPS) is 12.9. The summed E-state index contributed by atoms with van der Waals surface area (Å²) in [5.41, 5.74) is -3.15. The van der Waals surface area contributed by atoms with Crippen molar-refractivity contribution in [3.05, 3.63) is 86.9 Å². The van der Waals surface area contributed by atoms with Gasteiger partial charge in [0.15, 0.2) is 11.5 Å². The molecule has 4 rings (SSSR count). The van der Waals surface area contributed by atoms with Crippen molar-refractivity contribution >= 4 is 22.9 Å². The molecule has 4 aromatic heterocycles. The first-order valence-corrected chi connectivity index (χ1v) is 10.1. The number of halogens is 7. The summed E-state index contributed by atoms with van der Waals surface area (Å²) in [6.07, 6.45) is -6.99. The lowest BCUT2D eigenvalue weighted by Crippen LogP contribution is -2.19. The van der Waals surface area contributed by atoms with Crippen molar-refractivity contribution in [2.75, 3.05) is 0 Å². The Morgan fingerprint density at radius 3 is 2.06 bits per heavy atom. The lowest BCUT2D eigenvalue weighted by Gasteiger charge is -2.13. The topological polar surface area (TPSA) is 73.6 Å². The maximum Gasteiger partial charge on any atom is 0.433 e. The number of rotatable bonds is 3. The highest BCUT2D eigenvalue weighted by atomic mass is 19.4. The van der Waals surface area contributed by atoms with Crippen LogP contribution in [0.1, 0.15) is 33.9 Å². The van der Waals surface area contributed by atoms with E-state index in [0.29, 0.717) is 23.4 Å². The molecule has 6 nitrogen and oxygen atoms in total. The Hall–Kier alpha value is -4.16. The minimum absolute atomic E-state index is 0.0108. The van der Waals surface area contributed by atoms with Crippen LogP contribution in [-0.2, 0) is 12.4 Å². The fraction of sp³-hybridized carbons (Fsp3) is 0.174. The third kappa shape index (κ3) is 4.81.